The fraction of sp³-hybridized carbons (Fsp3) is 0.350. The maximum atomic E-state index is 13.0. The van der Waals surface area contributed by atoms with Gasteiger partial charge in [0.05, 0.1) is 24.2 Å². The molecule has 28 heavy (non-hydrogen) atoms. The minimum atomic E-state index is -3.65. The Morgan fingerprint density at radius 1 is 1.14 bits per heavy atom. The molecular formula is C20H23ClN2O4S. The van der Waals surface area contributed by atoms with Gasteiger partial charge >= 0.3 is 0 Å². The first kappa shape index (κ1) is 20.8. The predicted molar refractivity (Wildman–Crippen MR) is 108 cm³/mol. The summed E-state index contributed by atoms with van der Waals surface area (Å²) in [6.45, 7) is 3.29. The molecule has 1 unspecified atom stereocenters. The van der Waals surface area contributed by atoms with E-state index in [1.807, 2.05) is 19.1 Å². The molecule has 2 aromatic carbocycles. The lowest BCUT2D eigenvalue weighted by Crippen LogP contribution is -2.40. The van der Waals surface area contributed by atoms with Crippen LogP contribution in [0.25, 0.3) is 0 Å². The van der Waals surface area contributed by atoms with E-state index in [-0.39, 0.29) is 16.8 Å². The van der Waals surface area contributed by atoms with Gasteiger partial charge in [-0.05, 0) is 42.8 Å². The Morgan fingerprint density at radius 3 is 2.43 bits per heavy atom. The molecule has 8 heteroatoms. The van der Waals surface area contributed by atoms with Gasteiger partial charge in [0.25, 0.3) is 5.91 Å². The lowest BCUT2D eigenvalue weighted by Gasteiger charge is -2.27. The molecule has 0 spiro atoms. The van der Waals surface area contributed by atoms with Gasteiger partial charge in [0.15, 0.2) is 0 Å². The molecule has 0 radical (unpaired) electrons. The number of rotatable bonds is 5. The fourth-order valence-electron chi connectivity index (χ4n) is 3.07. The van der Waals surface area contributed by atoms with E-state index >= 15 is 0 Å². The molecule has 3 rings (SSSR count). The van der Waals surface area contributed by atoms with Gasteiger partial charge in [-0.1, -0.05) is 29.8 Å². The molecule has 1 amide bonds. The molecule has 0 N–H and O–H groups in total. The summed E-state index contributed by atoms with van der Waals surface area (Å²) in [4.78, 5) is 14.7. The van der Waals surface area contributed by atoms with E-state index in [0.717, 1.165) is 5.56 Å². The molecule has 1 fully saturated rings. The van der Waals surface area contributed by atoms with Crippen LogP contribution in [-0.4, -0.2) is 56.9 Å². The Bertz CT molecular complexity index is 941. The largest absolute Gasteiger partial charge is 0.379 e. The van der Waals surface area contributed by atoms with Gasteiger partial charge in [-0.2, -0.15) is 4.31 Å². The zero-order valence-electron chi connectivity index (χ0n) is 15.8. The van der Waals surface area contributed by atoms with Crippen molar-refractivity contribution in [3.8, 4) is 0 Å². The summed E-state index contributed by atoms with van der Waals surface area (Å²) in [7, 11) is -1.95. The number of sulfonamides is 1. The molecule has 0 aromatic heterocycles. The number of hydrogen-bond acceptors (Lipinski definition) is 4. The third-order valence-electron chi connectivity index (χ3n) is 4.94. The minimum absolute atomic E-state index is 0.118. The molecule has 0 aliphatic carbocycles. The second-order valence-corrected chi connectivity index (χ2v) is 9.06. The van der Waals surface area contributed by atoms with Crippen molar-refractivity contribution in [1.82, 2.24) is 9.21 Å². The number of halogens is 1. The van der Waals surface area contributed by atoms with Crippen LogP contribution in [0.15, 0.2) is 53.4 Å². The minimum Gasteiger partial charge on any atom is -0.379 e. The summed E-state index contributed by atoms with van der Waals surface area (Å²) >= 11 is 5.93. The number of nitrogens with zero attached hydrogens (tertiary/aromatic N) is 2. The van der Waals surface area contributed by atoms with Crippen LogP contribution in [0, 0.1) is 0 Å². The number of hydrogen-bond donors (Lipinski definition) is 0. The van der Waals surface area contributed by atoms with E-state index < -0.39 is 10.0 Å². The molecular weight excluding hydrogens is 400 g/mol. The first-order valence-corrected chi connectivity index (χ1v) is 10.8. The quantitative estimate of drug-likeness (QED) is 0.742. The molecule has 1 atom stereocenters. The first-order valence-electron chi connectivity index (χ1n) is 9.01. The van der Waals surface area contributed by atoms with Crippen LogP contribution in [0.5, 0.6) is 0 Å². The van der Waals surface area contributed by atoms with Gasteiger partial charge in [-0.15, -0.1) is 0 Å². The Morgan fingerprint density at radius 2 is 1.79 bits per heavy atom. The zero-order valence-corrected chi connectivity index (χ0v) is 17.4. The van der Waals surface area contributed by atoms with Crippen LogP contribution in [-0.2, 0) is 14.8 Å². The second-order valence-electron chi connectivity index (χ2n) is 6.69. The molecule has 0 saturated carbocycles. The van der Waals surface area contributed by atoms with Crippen molar-refractivity contribution in [3.05, 3.63) is 64.7 Å². The molecule has 150 valence electrons. The SMILES string of the molecule is CC(c1ccc(Cl)cc1)N(C)C(=O)c1cccc(S(=O)(=O)N2CCOCC2)c1. The smallest absolute Gasteiger partial charge is 0.254 e. The maximum absolute atomic E-state index is 13.0. The van der Waals surface area contributed by atoms with Crippen molar-refractivity contribution in [3.63, 3.8) is 0 Å². The Kier molecular flexibility index (Phi) is 6.40. The zero-order chi connectivity index (χ0) is 20.3. The lowest BCUT2D eigenvalue weighted by molar-refractivity contribution is 0.0728. The highest BCUT2D eigenvalue weighted by Crippen LogP contribution is 2.24. The van der Waals surface area contributed by atoms with Crippen molar-refractivity contribution >= 4 is 27.5 Å². The summed E-state index contributed by atoms with van der Waals surface area (Å²) in [5, 5.41) is 0.631. The predicted octanol–water partition coefficient (Wildman–Crippen LogP) is 3.19. The van der Waals surface area contributed by atoms with E-state index in [4.69, 9.17) is 16.3 Å². The summed E-state index contributed by atoms with van der Waals surface area (Å²) in [5.41, 5.74) is 1.27. The fourth-order valence-corrected chi connectivity index (χ4v) is 4.65. The first-order chi connectivity index (χ1) is 13.3. The number of carbonyl (C=O) groups excluding carboxylic acids is 1. The van der Waals surface area contributed by atoms with E-state index in [1.54, 1.807) is 36.2 Å². The van der Waals surface area contributed by atoms with Crippen LogP contribution < -0.4 is 0 Å². The summed E-state index contributed by atoms with van der Waals surface area (Å²) in [6, 6.07) is 13.3. The standard InChI is InChI=1S/C20H23ClN2O4S/c1-15(16-6-8-18(21)9-7-16)22(2)20(24)17-4-3-5-19(14-17)28(25,26)23-10-12-27-13-11-23/h3-9,14-15H,10-13H2,1-2H3. The van der Waals surface area contributed by atoms with E-state index in [9.17, 15) is 13.2 Å². The number of amides is 1. The van der Waals surface area contributed by atoms with Crippen molar-refractivity contribution in [1.29, 1.82) is 0 Å². The van der Waals surface area contributed by atoms with Crippen molar-refractivity contribution in [2.75, 3.05) is 33.4 Å². The highest BCUT2D eigenvalue weighted by molar-refractivity contribution is 7.89. The number of carbonyl (C=O) groups is 1. The highest BCUT2D eigenvalue weighted by atomic mass is 35.5. The van der Waals surface area contributed by atoms with Crippen LogP contribution >= 0.6 is 11.6 Å². The lowest BCUT2D eigenvalue weighted by atomic mass is 10.1. The molecule has 1 aliphatic heterocycles. The molecule has 1 saturated heterocycles. The van der Waals surface area contributed by atoms with Gasteiger partial charge in [0.2, 0.25) is 10.0 Å². The van der Waals surface area contributed by atoms with Gasteiger partial charge in [-0.3, -0.25) is 4.79 Å². The maximum Gasteiger partial charge on any atom is 0.254 e. The van der Waals surface area contributed by atoms with Gasteiger partial charge < -0.3 is 9.64 Å². The van der Waals surface area contributed by atoms with Crippen LogP contribution in [0.4, 0.5) is 0 Å². The molecule has 2 aromatic rings. The molecule has 0 bridgehead atoms. The second kappa shape index (κ2) is 8.61. The van der Waals surface area contributed by atoms with Gasteiger partial charge in [0, 0.05) is 30.7 Å². The van der Waals surface area contributed by atoms with Crippen LogP contribution in [0.1, 0.15) is 28.9 Å². The summed E-state index contributed by atoms with van der Waals surface area (Å²) in [5.74, 6) is -0.249. The number of ether oxygens (including phenoxy) is 1. The van der Waals surface area contributed by atoms with Crippen molar-refractivity contribution in [2.24, 2.45) is 0 Å². The Balaban J connectivity index is 1.82. The monoisotopic (exact) mass is 422 g/mol. The third-order valence-corrected chi connectivity index (χ3v) is 7.09. The van der Waals surface area contributed by atoms with E-state index in [2.05, 4.69) is 0 Å². The topological polar surface area (TPSA) is 66.9 Å². The Hall–Kier alpha value is -1.93. The third kappa shape index (κ3) is 4.38. The molecule has 1 heterocycles. The van der Waals surface area contributed by atoms with Gasteiger partial charge in [0.1, 0.15) is 0 Å². The van der Waals surface area contributed by atoms with Gasteiger partial charge in [-0.25, -0.2) is 8.42 Å². The normalized spacial score (nSPS) is 16.5. The highest BCUT2D eigenvalue weighted by Gasteiger charge is 2.27. The average molecular weight is 423 g/mol. The van der Waals surface area contributed by atoms with Crippen LogP contribution in [0.2, 0.25) is 5.02 Å². The Labute approximate surface area is 170 Å². The summed E-state index contributed by atoms with van der Waals surface area (Å²) in [6.07, 6.45) is 0. The molecule has 6 nitrogen and oxygen atoms in total. The van der Waals surface area contributed by atoms with Crippen molar-refractivity contribution in [2.45, 2.75) is 17.9 Å². The van der Waals surface area contributed by atoms with Crippen molar-refractivity contribution < 1.29 is 17.9 Å². The number of morpholine rings is 1. The summed E-state index contributed by atoms with van der Waals surface area (Å²) < 4.78 is 32.3. The average Bonchev–Trinajstić information content (AvgIpc) is 2.73. The van der Waals surface area contributed by atoms with E-state index in [1.165, 1.54) is 16.4 Å². The van der Waals surface area contributed by atoms with Crippen LogP contribution in [0.3, 0.4) is 0 Å². The van der Waals surface area contributed by atoms with E-state index in [0.29, 0.717) is 36.9 Å². The molecule has 1 aliphatic rings. The number of benzene rings is 2.